The van der Waals surface area contributed by atoms with Gasteiger partial charge in [0.2, 0.25) is 0 Å². The molecule has 0 spiro atoms. The number of fused-ring (bicyclic) bond motifs is 1. The molecule has 2 aromatic carbocycles. The second-order valence-corrected chi connectivity index (χ2v) is 6.06. The van der Waals surface area contributed by atoms with Crippen LogP contribution in [0, 0.1) is 0 Å². The zero-order valence-electron chi connectivity index (χ0n) is 11.9. The fraction of sp³-hybridized carbons (Fsp3) is 0.294. The van der Waals surface area contributed by atoms with E-state index in [4.69, 9.17) is 9.47 Å². The Labute approximate surface area is 128 Å². The van der Waals surface area contributed by atoms with Crippen LogP contribution in [0.3, 0.4) is 0 Å². The first kappa shape index (κ1) is 14.3. The summed E-state index contributed by atoms with van der Waals surface area (Å²) in [6.07, 6.45) is -0.228. The van der Waals surface area contributed by atoms with Crippen molar-refractivity contribution in [2.24, 2.45) is 0 Å². The molecule has 0 amide bonds. The van der Waals surface area contributed by atoms with E-state index < -0.39 is 6.10 Å². The van der Waals surface area contributed by atoms with Gasteiger partial charge in [0, 0.05) is 17.1 Å². The molecular formula is C17H18O3S. The van der Waals surface area contributed by atoms with Crippen molar-refractivity contribution >= 4 is 11.8 Å². The Balaban J connectivity index is 1.71. The first-order valence-electron chi connectivity index (χ1n) is 6.96. The molecule has 1 N–H and O–H groups in total. The number of hydrogen-bond acceptors (Lipinski definition) is 4. The summed E-state index contributed by atoms with van der Waals surface area (Å²) in [5.74, 6) is 2.42. The van der Waals surface area contributed by atoms with E-state index in [-0.39, 0.29) is 6.10 Å². The average molecular weight is 302 g/mol. The second kappa shape index (κ2) is 6.41. The third-order valence-electron chi connectivity index (χ3n) is 3.58. The fourth-order valence-corrected chi connectivity index (χ4v) is 3.52. The van der Waals surface area contributed by atoms with Crippen LogP contribution in [0.25, 0.3) is 0 Å². The highest BCUT2D eigenvalue weighted by Gasteiger charge is 2.27. The molecule has 0 fully saturated rings. The lowest BCUT2D eigenvalue weighted by Gasteiger charge is -2.29. The Morgan fingerprint density at radius 1 is 1.24 bits per heavy atom. The van der Waals surface area contributed by atoms with Gasteiger partial charge in [0.05, 0.1) is 13.2 Å². The first-order valence-corrected chi connectivity index (χ1v) is 7.95. The minimum absolute atomic E-state index is 0.199. The van der Waals surface area contributed by atoms with Crippen LogP contribution in [0.4, 0.5) is 0 Å². The number of hydrogen-bond donors (Lipinski definition) is 1. The van der Waals surface area contributed by atoms with Crippen molar-refractivity contribution in [2.45, 2.75) is 23.5 Å². The Bertz CT molecular complexity index is 614. The van der Waals surface area contributed by atoms with Crippen LogP contribution in [0.15, 0.2) is 53.4 Å². The molecule has 1 aliphatic rings. The van der Waals surface area contributed by atoms with E-state index in [1.54, 1.807) is 18.9 Å². The molecule has 2 unspecified atom stereocenters. The third-order valence-corrected chi connectivity index (χ3v) is 4.72. The van der Waals surface area contributed by atoms with Crippen molar-refractivity contribution in [2.75, 3.05) is 12.9 Å². The fourth-order valence-electron chi connectivity index (χ4n) is 2.45. The highest BCUT2D eigenvalue weighted by Crippen LogP contribution is 2.36. The summed E-state index contributed by atoms with van der Waals surface area (Å²) in [5, 5.41) is 10.5. The van der Waals surface area contributed by atoms with Gasteiger partial charge in [-0.15, -0.1) is 11.8 Å². The summed E-state index contributed by atoms with van der Waals surface area (Å²) in [6.45, 7) is 0. The molecule has 3 rings (SSSR count). The number of ether oxygens (including phenoxy) is 2. The molecule has 3 nitrogen and oxygen atoms in total. The minimum Gasteiger partial charge on any atom is -0.496 e. The molecule has 4 heteroatoms. The summed E-state index contributed by atoms with van der Waals surface area (Å²) in [5.41, 5.74) is 1.000. The number of aliphatic hydroxyl groups excluding tert-OH is 1. The summed E-state index contributed by atoms with van der Waals surface area (Å²) >= 11 is 1.73. The van der Waals surface area contributed by atoms with E-state index in [1.165, 1.54) is 0 Å². The van der Waals surface area contributed by atoms with Crippen molar-refractivity contribution in [3.05, 3.63) is 54.1 Å². The van der Waals surface area contributed by atoms with Gasteiger partial charge < -0.3 is 14.6 Å². The molecule has 1 heterocycles. The topological polar surface area (TPSA) is 38.7 Å². The average Bonchev–Trinajstić information content (AvgIpc) is 2.55. The van der Waals surface area contributed by atoms with Crippen LogP contribution in [-0.2, 0) is 6.42 Å². The van der Waals surface area contributed by atoms with Crippen LogP contribution >= 0.6 is 11.8 Å². The standard InChI is InChI=1S/C17H18O3S/c1-19-14-7-3-2-6-12(14)10-13(18)16-11-21-17-9-5-4-8-15(17)20-16/h2-9,13,16,18H,10-11H2,1H3. The Morgan fingerprint density at radius 2 is 2.00 bits per heavy atom. The molecule has 0 radical (unpaired) electrons. The van der Waals surface area contributed by atoms with Gasteiger partial charge in [0.25, 0.3) is 0 Å². The number of aliphatic hydroxyl groups is 1. The maximum absolute atomic E-state index is 10.5. The zero-order chi connectivity index (χ0) is 14.7. The number of benzene rings is 2. The molecule has 0 saturated carbocycles. The van der Waals surface area contributed by atoms with Gasteiger partial charge in [-0.1, -0.05) is 30.3 Å². The monoisotopic (exact) mass is 302 g/mol. The molecule has 1 aliphatic heterocycles. The van der Waals surface area contributed by atoms with E-state index >= 15 is 0 Å². The van der Waals surface area contributed by atoms with E-state index in [2.05, 4.69) is 0 Å². The van der Waals surface area contributed by atoms with Gasteiger partial charge in [-0.25, -0.2) is 0 Å². The Morgan fingerprint density at radius 3 is 2.86 bits per heavy atom. The van der Waals surface area contributed by atoms with E-state index in [9.17, 15) is 5.11 Å². The largest absolute Gasteiger partial charge is 0.496 e. The van der Waals surface area contributed by atoms with Gasteiger partial charge in [-0.3, -0.25) is 0 Å². The number of methoxy groups -OCH3 is 1. The SMILES string of the molecule is COc1ccccc1CC(O)C1CSc2ccccc2O1. The van der Waals surface area contributed by atoms with Crippen molar-refractivity contribution in [3.8, 4) is 11.5 Å². The third kappa shape index (κ3) is 3.17. The van der Waals surface area contributed by atoms with Crippen molar-refractivity contribution in [3.63, 3.8) is 0 Å². The van der Waals surface area contributed by atoms with Crippen LogP contribution in [0.1, 0.15) is 5.56 Å². The lowest BCUT2D eigenvalue weighted by molar-refractivity contribution is 0.0465. The smallest absolute Gasteiger partial charge is 0.134 e. The maximum Gasteiger partial charge on any atom is 0.134 e. The summed E-state index contributed by atoms with van der Waals surface area (Å²) in [7, 11) is 1.65. The van der Waals surface area contributed by atoms with E-state index in [0.717, 1.165) is 27.7 Å². The predicted octanol–water partition coefficient (Wildman–Crippen LogP) is 3.15. The number of para-hydroxylation sites is 2. The number of rotatable bonds is 4. The highest BCUT2D eigenvalue weighted by molar-refractivity contribution is 7.99. The van der Waals surface area contributed by atoms with E-state index in [0.29, 0.717) is 6.42 Å². The van der Waals surface area contributed by atoms with Gasteiger partial charge >= 0.3 is 0 Å². The van der Waals surface area contributed by atoms with Crippen LogP contribution in [0.2, 0.25) is 0 Å². The molecule has 2 aromatic rings. The van der Waals surface area contributed by atoms with Gasteiger partial charge in [0.1, 0.15) is 17.6 Å². The summed E-state index contributed by atoms with van der Waals surface area (Å²) in [4.78, 5) is 1.14. The number of thioether (sulfide) groups is 1. The molecule has 0 bridgehead atoms. The second-order valence-electron chi connectivity index (χ2n) is 5.00. The van der Waals surface area contributed by atoms with Crippen LogP contribution in [-0.4, -0.2) is 30.2 Å². The summed E-state index contributed by atoms with van der Waals surface area (Å²) in [6, 6.07) is 15.7. The quantitative estimate of drug-likeness (QED) is 0.941. The first-order chi connectivity index (χ1) is 10.3. The van der Waals surface area contributed by atoms with Crippen LogP contribution < -0.4 is 9.47 Å². The molecule has 0 saturated heterocycles. The molecule has 0 aliphatic carbocycles. The van der Waals surface area contributed by atoms with Gasteiger partial charge in [-0.05, 0) is 23.8 Å². The van der Waals surface area contributed by atoms with Crippen molar-refractivity contribution < 1.29 is 14.6 Å². The summed E-state index contributed by atoms with van der Waals surface area (Å²) < 4.78 is 11.3. The predicted molar refractivity (Wildman–Crippen MR) is 84.3 cm³/mol. The molecule has 0 aromatic heterocycles. The Kier molecular flexibility index (Phi) is 4.36. The lowest BCUT2D eigenvalue weighted by Crippen LogP contribution is -2.37. The lowest BCUT2D eigenvalue weighted by atomic mass is 10.0. The van der Waals surface area contributed by atoms with E-state index in [1.807, 2.05) is 48.5 Å². The van der Waals surface area contributed by atoms with Crippen molar-refractivity contribution in [1.29, 1.82) is 0 Å². The van der Waals surface area contributed by atoms with Gasteiger partial charge in [-0.2, -0.15) is 0 Å². The molecule has 110 valence electrons. The molecule has 21 heavy (non-hydrogen) atoms. The normalized spacial score (nSPS) is 18.5. The maximum atomic E-state index is 10.5. The van der Waals surface area contributed by atoms with Crippen LogP contribution in [0.5, 0.6) is 11.5 Å². The van der Waals surface area contributed by atoms with Crippen molar-refractivity contribution in [1.82, 2.24) is 0 Å². The molecule has 2 atom stereocenters. The minimum atomic E-state index is -0.554. The van der Waals surface area contributed by atoms with Gasteiger partial charge in [0.15, 0.2) is 0 Å². The zero-order valence-corrected chi connectivity index (χ0v) is 12.7. The highest BCUT2D eigenvalue weighted by atomic mass is 32.2. The Hall–Kier alpha value is -1.65. The molecular weight excluding hydrogens is 284 g/mol.